The van der Waals surface area contributed by atoms with Gasteiger partial charge in [0.25, 0.3) is 9.04 Å². The number of hydrogen-bond donors (Lipinski definition) is 0. The maximum atomic E-state index is 14.0. The van der Waals surface area contributed by atoms with Crippen molar-refractivity contribution in [3.63, 3.8) is 0 Å². The van der Waals surface area contributed by atoms with E-state index in [0.29, 0.717) is 18.5 Å². The summed E-state index contributed by atoms with van der Waals surface area (Å²) in [5.41, 5.74) is 0.379. The van der Waals surface area contributed by atoms with E-state index in [1.54, 1.807) is 0 Å². The van der Waals surface area contributed by atoms with Gasteiger partial charge in [-0.25, -0.2) is 13.2 Å². The molecule has 0 radical (unpaired) electrons. The molecule has 0 saturated heterocycles. The van der Waals surface area contributed by atoms with Crippen LogP contribution in [-0.2, 0) is 4.53 Å². The van der Waals surface area contributed by atoms with Gasteiger partial charge in [-0.3, -0.25) is 0 Å². The van der Waals surface area contributed by atoms with Crippen LogP contribution >= 0.6 is 0 Å². The van der Waals surface area contributed by atoms with Crippen LogP contribution in [0.25, 0.3) is 0 Å². The topological polar surface area (TPSA) is 12.5 Å². The van der Waals surface area contributed by atoms with Crippen LogP contribution in [0.2, 0.25) is 0 Å². The van der Waals surface area contributed by atoms with Crippen molar-refractivity contribution in [2.75, 3.05) is 6.54 Å². The van der Waals surface area contributed by atoms with Crippen LogP contribution in [0.15, 0.2) is 72.8 Å². The Bertz CT molecular complexity index is 893. The monoisotopic (exact) mass is 443 g/mol. The zero-order chi connectivity index (χ0) is 22.2. The molecule has 164 valence electrons. The molecule has 0 spiro atoms. The molecule has 0 aliphatic heterocycles. The third kappa shape index (κ3) is 5.85. The fourth-order valence-corrected chi connectivity index (χ4v) is 5.97. The molecule has 0 aliphatic rings. The summed E-state index contributed by atoms with van der Waals surface area (Å²) in [5.74, 6) is -3.80. The predicted molar refractivity (Wildman–Crippen MR) is 121 cm³/mol. The van der Waals surface area contributed by atoms with E-state index in [9.17, 15) is 13.2 Å². The summed E-state index contributed by atoms with van der Waals surface area (Å²) in [6.45, 7) is 4.63. The number of hydroxylamine groups is 2. The van der Waals surface area contributed by atoms with Gasteiger partial charge in [-0.1, -0.05) is 80.9 Å². The van der Waals surface area contributed by atoms with Crippen molar-refractivity contribution in [1.29, 1.82) is 0 Å². The molecule has 0 saturated carbocycles. The molecule has 3 rings (SSSR count). The molecule has 2 nitrogen and oxygen atoms in total. The van der Waals surface area contributed by atoms with Gasteiger partial charge in [0.2, 0.25) is 0 Å². The summed E-state index contributed by atoms with van der Waals surface area (Å²) in [7, 11) is -2.11. The van der Waals surface area contributed by atoms with Gasteiger partial charge in [-0.2, -0.15) is 5.06 Å². The van der Waals surface area contributed by atoms with Crippen molar-refractivity contribution in [2.45, 2.75) is 39.2 Å². The molecule has 0 heterocycles. The minimum Gasteiger partial charge on any atom is -0.335 e. The number of halogens is 3. The summed E-state index contributed by atoms with van der Waals surface area (Å²) in [6.07, 6.45) is 2.39. The third-order valence-electron chi connectivity index (χ3n) is 5.30. The molecule has 6 heteroatoms. The highest BCUT2D eigenvalue weighted by molar-refractivity contribution is 6.79. The lowest BCUT2D eigenvalue weighted by molar-refractivity contribution is -0.101. The Morgan fingerprint density at radius 2 is 1.35 bits per heavy atom. The highest BCUT2D eigenvalue weighted by Gasteiger charge is 2.28. The lowest BCUT2D eigenvalue weighted by Gasteiger charge is -2.34. The summed E-state index contributed by atoms with van der Waals surface area (Å²) >= 11 is 0. The standard InChI is InChI=1S/C25H28F3NOSi/c1-3-5-16-29(24(4-2)19-17-22(26)25(28)23(27)18-19)30-31(20-12-8-6-9-13-20)21-14-10-7-11-15-21/h6-15,17-18,24,31H,3-5,16H2,1-2H3. The molecule has 0 aromatic heterocycles. The number of benzene rings is 3. The predicted octanol–water partition coefficient (Wildman–Crippen LogP) is 5.13. The molecule has 1 unspecified atom stereocenters. The van der Waals surface area contributed by atoms with E-state index in [0.717, 1.165) is 35.3 Å². The van der Waals surface area contributed by atoms with Crippen LogP contribution < -0.4 is 10.4 Å². The van der Waals surface area contributed by atoms with Gasteiger partial charge in [0.1, 0.15) is 0 Å². The Balaban J connectivity index is 1.99. The largest absolute Gasteiger partial charge is 0.335 e. The summed E-state index contributed by atoms with van der Waals surface area (Å²) in [4.78, 5) is 0. The van der Waals surface area contributed by atoms with E-state index in [1.165, 1.54) is 0 Å². The van der Waals surface area contributed by atoms with E-state index >= 15 is 0 Å². The van der Waals surface area contributed by atoms with Crippen molar-refractivity contribution >= 4 is 19.4 Å². The molecule has 31 heavy (non-hydrogen) atoms. The first-order valence-corrected chi connectivity index (χ1v) is 12.4. The molecule has 0 fully saturated rings. The van der Waals surface area contributed by atoms with Crippen molar-refractivity contribution < 1.29 is 17.7 Å². The first kappa shape index (κ1) is 23.3. The smallest absolute Gasteiger partial charge is 0.267 e. The molecule has 3 aromatic carbocycles. The average molecular weight is 444 g/mol. The Kier molecular flexibility index (Phi) is 8.46. The highest BCUT2D eigenvalue weighted by Crippen LogP contribution is 2.28. The quantitative estimate of drug-likeness (QED) is 0.245. The van der Waals surface area contributed by atoms with Crippen LogP contribution in [0.5, 0.6) is 0 Å². The van der Waals surface area contributed by atoms with E-state index in [-0.39, 0.29) is 0 Å². The minimum atomic E-state index is -2.11. The fraction of sp³-hybridized carbons (Fsp3) is 0.280. The SMILES string of the molecule is CCCCN(O[SiH](c1ccccc1)c1ccccc1)C(CC)c1cc(F)c(F)c(F)c1. The van der Waals surface area contributed by atoms with Crippen LogP contribution in [0, 0.1) is 17.5 Å². The zero-order valence-corrected chi connectivity index (χ0v) is 19.1. The molecule has 1 atom stereocenters. The Hall–Kier alpha value is -2.41. The Morgan fingerprint density at radius 1 is 0.839 bits per heavy atom. The van der Waals surface area contributed by atoms with Crippen molar-refractivity contribution in [3.05, 3.63) is 95.8 Å². The summed E-state index contributed by atoms with van der Waals surface area (Å²) in [5, 5.41) is 4.08. The van der Waals surface area contributed by atoms with Gasteiger partial charge in [0, 0.05) is 6.54 Å². The average Bonchev–Trinajstić information content (AvgIpc) is 2.80. The van der Waals surface area contributed by atoms with Crippen LogP contribution in [0.3, 0.4) is 0 Å². The Labute approximate surface area is 184 Å². The Morgan fingerprint density at radius 3 is 1.81 bits per heavy atom. The highest BCUT2D eigenvalue weighted by atomic mass is 28.3. The first-order chi connectivity index (χ1) is 15.0. The van der Waals surface area contributed by atoms with Gasteiger partial charge < -0.3 is 4.53 Å². The molecule has 0 amide bonds. The normalized spacial score (nSPS) is 12.5. The van der Waals surface area contributed by atoms with Crippen molar-refractivity contribution in [1.82, 2.24) is 5.06 Å². The maximum Gasteiger partial charge on any atom is 0.267 e. The molecular formula is C25H28F3NOSi. The number of unbranched alkanes of at least 4 members (excludes halogenated alkanes) is 1. The molecular weight excluding hydrogens is 415 g/mol. The minimum absolute atomic E-state index is 0.379. The lowest BCUT2D eigenvalue weighted by atomic mass is 10.0. The van der Waals surface area contributed by atoms with Crippen LogP contribution in [0.4, 0.5) is 13.2 Å². The first-order valence-electron chi connectivity index (χ1n) is 10.7. The van der Waals surface area contributed by atoms with Gasteiger partial charge in [-0.15, -0.1) is 0 Å². The second-order valence-corrected chi connectivity index (χ2v) is 9.83. The second-order valence-electron chi connectivity index (χ2n) is 7.52. The van der Waals surface area contributed by atoms with Gasteiger partial charge in [0.05, 0.1) is 6.04 Å². The number of rotatable bonds is 10. The van der Waals surface area contributed by atoms with E-state index in [4.69, 9.17) is 4.53 Å². The van der Waals surface area contributed by atoms with E-state index in [1.807, 2.05) is 48.4 Å². The second kappa shape index (κ2) is 11.3. The molecule has 0 N–H and O–H groups in total. The van der Waals surface area contributed by atoms with Crippen molar-refractivity contribution in [2.24, 2.45) is 0 Å². The zero-order valence-electron chi connectivity index (χ0n) is 17.9. The van der Waals surface area contributed by atoms with E-state index < -0.39 is 32.5 Å². The summed E-state index contributed by atoms with van der Waals surface area (Å²) < 4.78 is 48.2. The summed E-state index contributed by atoms with van der Waals surface area (Å²) in [6, 6.07) is 21.9. The van der Waals surface area contributed by atoms with Crippen molar-refractivity contribution in [3.8, 4) is 0 Å². The maximum absolute atomic E-state index is 14.0. The van der Waals surface area contributed by atoms with E-state index in [2.05, 4.69) is 31.2 Å². The molecule has 0 aliphatic carbocycles. The van der Waals surface area contributed by atoms with Gasteiger partial charge >= 0.3 is 0 Å². The van der Waals surface area contributed by atoms with Gasteiger partial charge in [-0.05, 0) is 40.9 Å². The number of nitrogens with zero attached hydrogens (tertiary/aromatic N) is 1. The molecule has 0 bridgehead atoms. The molecule has 3 aromatic rings. The fourth-order valence-electron chi connectivity index (χ4n) is 3.67. The van der Waals surface area contributed by atoms with Crippen LogP contribution in [-0.4, -0.2) is 20.6 Å². The number of hydrogen-bond acceptors (Lipinski definition) is 2. The lowest BCUT2D eigenvalue weighted by Crippen LogP contribution is -2.50. The third-order valence-corrected chi connectivity index (χ3v) is 7.77. The van der Waals surface area contributed by atoms with Crippen LogP contribution in [0.1, 0.15) is 44.7 Å². The van der Waals surface area contributed by atoms with Gasteiger partial charge in [0.15, 0.2) is 17.5 Å².